The van der Waals surface area contributed by atoms with Crippen molar-refractivity contribution in [3.63, 3.8) is 0 Å². The van der Waals surface area contributed by atoms with E-state index in [9.17, 15) is 9.90 Å². The second kappa shape index (κ2) is 7.14. The maximum atomic E-state index is 11.7. The maximum Gasteiger partial charge on any atom is 0.223 e. The van der Waals surface area contributed by atoms with E-state index >= 15 is 0 Å². The molecule has 0 aliphatic heterocycles. The Labute approximate surface area is 114 Å². The van der Waals surface area contributed by atoms with Crippen molar-refractivity contribution in [1.82, 2.24) is 5.32 Å². The quantitative estimate of drug-likeness (QED) is 0.793. The van der Waals surface area contributed by atoms with E-state index in [1.165, 1.54) is 0 Å². The van der Waals surface area contributed by atoms with Gasteiger partial charge < -0.3 is 15.2 Å². The Morgan fingerprint density at radius 2 is 2.21 bits per heavy atom. The number of aliphatic hydroxyl groups excluding tert-OH is 1. The van der Waals surface area contributed by atoms with E-state index in [2.05, 4.69) is 5.32 Å². The van der Waals surface area contributed by atoms with Gasteiger partial charge in [0.2, 0.25) is 5.91 Å². The number of aliphatic hydroxyl groups is 1. The summed E-state index contributed by atoms with van der Waals surface area (Å²) >= 11 is 0. The van der Waals surface area contributed by atoms with Crippen LogP contribution in [0.25, 0.3) is 0 Å². The first kappa shape index (κ1) is 15.5. The van der Waals surface area contributed by atoms with Gasteiger partial charge in [0, 0.05) is 0 Å². The average Bonchev–Trinajstić information content (AvgIpc) is 2.38. The molecule has 106 valence electrons. The summed E-state index contributed by atoms with van der Waals surface area (Å²) in [4.78, 5) is 11.7. The summed E-state index contributed by atoms with van der Waals surface area (Å²) in [5, 5.41) is 12.0. The fourth-order valence-electron chi connectivity index (χ4n) is 1.61. The number of hydrogen-bond donors (Lipinski definition) is 2. The predicted molar refractivity (Wildman–Crippen MR) is 75.2 cm³/mol. The van der Waals surface area contributed by atoms with Gasteiger partial charge in [0.1, 0.15) is 5.75 Å². The van der Waals surface area contributed by atoms with E-state index < -0.39 is 5.54 Å². The summed E-state index contributed by atoms with van der Waals surface area (Å²) in [6, 6.07) is 7.72. The molecule has 0 aromatic heterocycles. The number of carbonyl (C=O) groups is 1. The monoisotopic (exact) mass is 265 g/mol. The average molecular weight is 265 g/mol. The van der Waals surface area contributed by atoms with Crippen molar-refractivity contribution < 1.29 is 14.6 Å². The van der Waals surface area contributed by atoms with Crippen molar-refractivity contribution in [2.75, 3.05) is 13.2 Å². The predicted octanol–water partition coefficient (Wildman–Crippen LogP) is 2.04. The molecule has 0 heterocycles. The van der Waals surface area contributed by atoms with Crippen molar-refractivity contribution in [2.24, 2.45) is 0 Å². The molecule has 1 unspecified atom stereocenters. The number of carbonyl (C=O) groups excluding carboxylic acids is 1. The summed E-state index contributed by atoms with van der Waals surface area (Å²) in [6.07, 6.45) is 0.970. The molecule has 2 N–H and O–H groups in total. The molecule has 4 heteroatoms. The lowest BCUT2D eigenvalue weighted by Crippen LogP contribution is -2.48. The van der Waals surface area contributed by atoms with Crippen molar-refractivity contribution in [3.05, 3.63) is 29.8 Å². The number of amides is 1. The van der Waals surface area contributed by atoms with Gasteiger partial charge in [0.25, 0.3) is 0 Å². The number of rotatable bonds is 7. The highest BCUT2D eigenvalue weighted by Gasteiger charge is 2.22. The molecule has 1 aromatic rings. The zero-order valence-electron chi connectivity index (χ0n) is 11.9. The summed E-state index contributed by atoms with van der Waals surface area (Å²) in [5.41, 5.74) is 0.584. The van der Waals surface area contributed by atoms with Gasteiger partial charge in [-0.05, 0) is 38.0 Å². The Kier molecular flexibility index (Phi) is 5.83. The molecule has 0 aliphatic rings. The lowest BCUT2D eigenvalue weighted by Gasteiger charge is -2.27. The molecule has 19 heavy (non-hydrogen) atoms. The van der Waals surface area contributed by atoms with E-state index in [-0.39, 0.29) is 18.9 Å². The molecule has 0 bridgehead atoms. The molecule has 0 saturated heterocycles. The van der Waals surface area contributed by atoms with Gasteiger partial charge in [0.05, 0.1) is 25.2 Å². The normalized spacial score (nSPS) is 13.7. The zero-order valence-corrected chi connectivity index (χ0v) is 11.9. The minimum atomic E-state index is -0.541. The number of nitrogens with one attached hydrogen (secondary N) is 1. The van der Waals surface area contributed by atoms with Gasteiger partial charge in [-0.25, -0.2) is 0 Å². The standard InChI is InChI=1S/C15H23NO3/c1-4-15(3,11-17)16-14(18)8-9-19-13-7-5-6-12(2)10-13/h5-7,10,17H,4,8-9,11H2,1-3H3,(H,16,18). The molecule has 0 spiro atoms. The van der Waals surface area contributed by atoms with Crippen LogP contribution in [-0.4, -0.2) is 29.8 Å². The number of hydrogen-bond acceptors (Lipinski definition) is 3. The van der Waals surface area contributed by atoms with Crippen LogP contribution >= 0.6 is 0 Å². The molecule has 1 amide bonds. The summed E-state index contributed by atoms with van der Waals surface area (Å²) in [7, 11) is 0. The molecule has 0 aliphatic carbocycles. The maximum absolute atomic E-state index is 11.7. The summed E-state index contributed by atoms with van der Waals surface area (Å²) < 4.78 is 5.52. The molecule has 4 nitrogen and oxygen atoms in total. The summed E-state index contributed by atoms with van der Waals surface area (Å²) in [5.74, 6) is 0.666. The third-order valence-corrected chi connectivity index (χ3v) is 3.16. The van der Waals surface area contributed by atoms with Crippen LogP contribution in [0.4, 0.5) is 0 Å². The Bertz CT molecular complexity index is 414. The van der Waals surface area contributed by atoms with Crippen LogP contribution in [0.15, 0.2) is 24.3 Å². The SMILES string of the molecule is CCC(C)(CO)NC(=O)CCOc1cccc(C)c1. The van der Waals surface area contributed by atoms with E-state index in [4.69, 9.17) is 4.74 Å². The lowest BCUT2D eigenvalue weighted by atomic mass is 10.0. The zero-order chi connectivity index (χ0) is 14.3. The first-order chi connectivity index (χ1) is 8.99. The molecule has 1 atom stereocenters. The van der Waals surface area contributed by atoms with Gasteiger partial charge in [-0.2, -0.15) is 0 Å². The first-order valence-electron chi connectivity index (χ1n) is 6.60. The first-order valence-corrected chi connectivity index (χ1v) is 6.60. The molecule has 0 saturated carbocycles. The van der Waals surface area contributed by atoms with Crippen LogP contribution in [0.3, 0.4) is 0 Å². The number of ether oxygens (including phenoxy) is 1. The third-order valence-electron chi connectivity index (χ3n) is 3.16. The van der Waals surface area contributed by atoms with Crippen LogP contribution in [0.2, 0.25) is 0 Å². The van der Waals surface area contributed by atoms with Crippen LogP contribution in [0.5, 0.6) is 5.75 Å². The van der Waals surface area contributed by atoms with Crippen LogP contribution in [0.1, 0.15) is 32.3 Å². The Balaban J connectivity index is 2.35. The number of aryl methyl sites for hydroxylation is 1. The van der Waals surface area contributed by atoms with Gasteiger partial charge in [-0.15, -0.1) is 0 Å². The minimum Gasteiger partial charge on any atom is -0.493 e. The topological polar surface area (TPSA) is 58.6 Å². The smallest absolute Gasteiger partial charge is 0.223 e. The second-order valence-corrected chi connectivity index (χ2v) is 5.04. The highest BCUT2D eigenvalue weighted by Crippen LogP contribution is 2.13. The Morgan fingerprint density at radius 1 is 1.47 bits per heavy atom. The van der Waals surface area contributed by atoms with Crippen molar-refractivity contribution in [3.8, 4) is 5.75 Å². The van der Waals surface area contributed by atoms with Gasteiger partial charge in [0.15, 0.2) is 0 Å². The lowest BCUT2D eigenvalue weighted by molar-refractivity contribution is -0.123. The molecule has 0 fully saturated rings. The van der Waals surface area contributed by atoms with E-state index in [1.807, 2.05) is 45.0 Å². The molecule has 0 radical (unpaired) electrons. The second-order valence-electron chi connectivity index (χ2n) is 5.04. The van der Waals surface area contributed by atoms with Gasteiger partial charge in [-0.1, -0.05) is 19.1 Å². The van der Waals surface area contributed by atoms with Gasteiger partial charge >= 0.3 is 0 Å². The van der Waals surface area contributed by atoms with Crippen LogP contribution in [-0.2, 0) is 4.79 Å². The number of benzene rings is 1. The Hall–Kier alpha value is -1.55. The van der Waals surface area contributed by atoms with Crippen molar-refractivity contribution >= 4 is 5.91 Å². The van der Waals surface area contributed by atoms with E-state index in [1.54, 1.807) is 0 Å². The van der Waals surface area contributed by atoms with E-state index in [0.29, 0.717) is 13.0 Å². The molecule has 1 aromatic carbocycles. The molecular weight excluding hydrogens is 242 g/mol. The fourth-order valence-corrected chi connectivity index (χ4v) is 1.61. The van der Waals surface area contributed by atoms with Gasteiger partial charge in [-0.3, -0.25) is 4.79 Å². The van der Waals surface area contributed by atoms with E-state index in [0.717, 1.165) is 11.3 Å². The van der Waals surface area contributed by atoms with Crippen molar-refractivity contribution in [2.45, 2.75) is 39.2 Å². The largest absolute Gasteiger partial charge is 0.493 e. The highest BCUT2D eigenvalue weighted by molar-refractivity contribution is 5.76. The summed E-state index contributed by atoms with van der Waals surface area (Å²) in [6.45, 7) is 6.02. The van der Waals surface area contributed by atoms with Crippen LogP contribution in [0, 0.1) is 6.92 Å². The highest BCUT2D eigenvalue weighted by atomic mass is 16.5. The minimum absolute atomic E-state index is 0.0615. The van der Waals surface area contributed by atoms with Crippen LogP contribution < -0.4 is 10.1 Å². The third kappa shape index (κ3) is 5.30. The molecule has 1 rings (SSSR count). The molecular formula is C15H23NO3. The Morgan fingerprint density at radius 3 is 2.79 bits per heavy atom. The van der Waals surface area contributed by atoms with Crippen molar-refractivity contribution in [1.29, 1.82) is 0 Å². The fraction of sp³-hybridized carbons (Fsp3) is 0.533.